The van der Waals surface area contributed by atoms with Gasteiger partial charge in [-0.15, -0.1) is 0 Å². The van der Waals surface area contributed by atoms with E-state index in [1.54, 1.807) is 60.7 Å². The number of rotatable bonds is 4. The number of ether oxygens (including phenoxy) is 2. The van der Waals surface area contributed by atoms with Gasteiger partial charge in [0, 0.05) is 22.3 Å². The van der Waals surface area contributed by atoms with E-state index in [9.17, 15) is 14.4 Å². The Morgan fingerprint density at radius 2 is 1.44 bits per heavy atom. The van der Waals surface area contributed by atoms with Crippen LogP contribution in [0.1, 0.15) is 42.2 Å². The summed E-state index contributed by atoms with van der Waals surface area (Å²) in [7, 11) is 1.46. The Bertz CT molecular complexity index is 1100. The van der Waals surface area contributed by atoms with Gasteiger partial charge in [0.25, 0.3) is 0 Å². The molecule has 3 aromatic carbocycles. The maximum absolute atomic E-state index is 13.0. The first-order valence-electron chi connectivity index (χ1n) is 8.26. The van der Waals surface area contributed by atoms with Crippen molar-refractivity contribution in [3.63, 3.8) is 0 Å². The van der Waals surface area contributed by atoms with E-state index in [0.29, 0.717) is 40.0 Å². The molecule has 0 aliphatic heterocycles. The van der Waals surface area contributed by atoms with Gasteiger partial charge in [0.05, 0.1) is 12.7 Å². The molecule has 3 aromatic rings. The number of fused-ring (bicyclic) bond motifs is 2. The Morgan fingerprint density at radius 3 is 2.15 bits per heavy atom. The Kier molecular flexibility index (Phi) is 4.05. The molecule has 0 saturated carbocycles. The second-order valence-corrected chi connectivity index (χ2v) is 6.01. The van der Waals surface area contributed by atoms with Gasteiger partial charge in [-0.1, -0.05) is 36.4 Å². The van der Waals surface area contributed by atoms with Crippen LogP contribution in [-0.4, -0.2) is 25.0 Å². The monoisotopic (exact) mass is 358 g/mol. The number of carbonyl (C=O) groups is 3. The van der Waals surface area contributed by atoms with Gasteiger partial charge in [-0.2, -0.15) is 0 Å². The first kappa shape index (κ1) is 16.7. The Labute approximate surface area is 155 Å². The molecule has 27 heavy (non-hydrogen) atoms. The maximum atomic E-state index is 13.0. The standard InChI is InChI=1S/C22H14O5/c1-26-19-11-13(12-23)9-10-17(19)27-18-8-4-7-16-20(18)22(25)15-6-3-2-5-14(15)21(16)24/h2-12H,1H3. The summed E-state index contributed by atoms with van der Waals surface area (Å²) in [5.74, 6) is 0.480. The lowest BCUT2D eigenvalue weighted by molar-refractivity contribution is 0.0977. The summed E-state index contributed by atoms with van der Waals surface area (Å²) in [5, 5.41) is 0. The van der Waals surface area contributed by atoms with Crippen molar-refractivity contribution in [1.29, 1.82) is 0 Å². The van der Waals surface area contributed by atoms with E-state index in [2.05, 4.69) is 0 Å². The highest BCUT2D eigenvalue weighted by Gasteiger charge is 2.32. The maximum Gasteiger partial charge on any atom is 0.198 e. The summed E-state index contributed by atoms with van der Waals surface area (Å²) >= 11 is 0. The molecule has 132 valence electrons. The van der Waals surface area contributed by atoms with Crippen LogP contribution in [0.25, 0.3) is 0 Å². The number of hydrogen-bond donors (Lipinski definition) is 0. The Hall–Kier alpha value is -3.73. The van der Waals surface area contributed by atoms with Gasteiger partial charge in [-0.3, -0.25) is 14.4 Å². The quantitative estimate of drug-likeness (QED) is 0.514. The van der Waals surface area contributed by atoms with Crippen molar-refractivity contribution in [3.8, 4) is 17.2 Å². The molecular formula is C22H14O5. The van der Waals surface area contributed by atoms with Gasteiger partial charge in [0.15, 0.2) is 23.1 Å². The molecule has 1 aliphatic carbocycles. The van der Waals surface area contributed by atoms with Crippen LogP contribution in [0.2, 0.25) is 0 Å². The molecule has 5 heteroatoms. The normalized spacial score (nSPS) is 12.2. The number of aldehydes is 1. The summed E-state index contributed by atoms with van der Waals surface area (Å²) in [4.78, 5) is 36.8. The highest BCUT2D eigenvalue weighted by molar-refractivity contribution is 6.29. The topological polar surface area (TPSA) is 69.7 Å². The second-order valence-electron chi connectivity index (χ2n) is 6.01. The zero-order valence-electron chi connectivity index (χ0n) is 14.4. The van der Waals surface area contributed by atoms with Crippen LogP contribution in [0.3, 0.4) is 0 Å². The van der Waals surface area contributed by atoms with Gasteiger partial charge in [-0.05, 0) is 24.3 Å². The molecule has 0 N–H and O–H groups in total. The fourth-order valence-electron chi connectivity index (χ4n) is 3.16. The molecule has 1 aliphatic rings. The third-order valence-electron chi connectivity index (χ3n) is 4.46. The molecule has 0 spiro atoms. The number of carbonyl (C=O) groups excluding carboxylic acids is 3. The van der Waals surface area contributed by atoms with Crippen LogP contribution < -0.4 is 9.47 Å². The molecule has 5 nitrogen and oxygen atoms in total. The molecule has 0 aromatic heterocycles. The molecule has 0 unspecified atom stereocenters. The van der Waals surface area contributed by atoms with Crippen molar-refractivity contribution < 1.29 is 23.9 Å². The van der Waals surface area contributed by atoms with Crippen LogP contribution in [0.5, 0.6) is 17.2 Å². The molecule has 0 bridgehead atoms. The summed E-state index contributed by atoms with van der Waals surface area (Å²) in [5.41, 5.74) is 1.71. The zero-order chi connectivity index (χ0) is 19.0. The molecule has 0 saturated heterocycles. The Balaban J connectivity index is 1.83. The van der Waals surface area contributed by atoms with Gasteiger partial charge in [-0.25, -0.2) is 0 Å². The lowest BCUT2D eigenvalue weighted by Crippen LogP contribution is -2.21. The number of benzene rings is 3. The highest BCUT2D eigenvalue weighted by Crippen LogP contribution is 2.38. The minimum Gasteiger partial charge on any atom is -0.493 e. The average molecular weight is 358 g/mol. The second kappa shape index (κ2) is 6.53. The molecule has 0 amide bonds. The smallest absolute Gasteiger partial charge is 0.198 e. The predicted octanol–water partition coefficient (Wildman–Crippen LogP) is 4.08. The Morgan fingerprint density at radius 1 is 0.741 bits per heavy atom. The fraction of sp³-hybridized carbons (Fsp3) is 0.0455. The van der Waals surface area contributed by atoms with Crippen molar-refractivity contribution in [3.05, 3.63) is 88.5 Å². The molecule has 0 heterocycles. The lowest BCUT2D eigenvalue weighted by Gasteiger charge is -2.20. The zero-order valence-corrected chi connectivity index (χ0v) is 14.4. The van der Waals surface area contributed by atoms with Gasteiger partial charge < -0.3 is 9.47 Å². The van der Waals surface area contributed by atoms with Gasteiger partial charge in [0.1, 0.15) is 12.0 Å². The third kappa shape index (κ3) is 2.69. The van der Waals surface area contributed by atoms with Crippen molar-refractivity contribution in [1.82, 2.24) is 0 Å². The summed E-state index contributed by atoms with van der Waals surface area (Å²) in [6.45, 7) is 0. The summed E-state index contributed by atoms with van der Waals surface area (Å²) in [6.07, 6.45) is 0.704. The van der Waals surface area contributed by atoms with E-state index >= 15 is 0 Å². The van der Waals surface area contributed by atoms with Gasteiger partial charge in [0.2, 0.25) is 0 Å². The average Bonchev–Trinajstić information content (AvgIpc) is 2.72. The van der Waals surface area contributed by atoms with E-state index in [4.69, 9.17) is 9.47 Å². The fourth-order valence-corrected chi connectivity index (χ4v) is 3.16. The predicted molar refractivity (Wildman–Crippen MR) is 98.2 cm³/mol. The third-order valence-corrected chi connectivity index (χ3v) is 4.46. The molecule has 0 radical (unpaired) electrons. The first-order chi connectivity index (χ1) is 13.1. The minimum atomic E-state index is -0.265. The van der Waals surface area contributed by atoms with Crippen LogP contribution >= 0.6 is 0 Å². The van der Waals surface area contributed by atoms with Crippen LogP contribution in [0.15, 0.2) is 60.7 Å². The number of ketones is 2. The van der Waals surface area contributed by atoms with Crippen molar-refractivity contribution in [2.45, 2.75) is 0 Å². The first-order valence-corrected chi connectivity index (χ1v) is 8.26. The van der Waals surface area contributed by atoms with Gasteiger partial charge >= 0.3 is 0 Å². The van der Waals surface area contributed by atoms with Crippen LogP contribution in [-0.2, 0) is 0 Å². The summed E-state index contributed by atoms with van der Waals surface area (Å²) < 4.78 is 11.2. The van der Waals surface area contributed by atoms with E-state index in [1.165, 1.54) is 7.11 Å². The number of hydrogen-bond acceptors (Lipinski definition) is 5. The molecule has 0 fully saturated rings. The van der Waals surface area contributed by atoms with Crippen molar-refractivity contribution in [2.24, 2.45) is 0 Å². The lowest BCUT2D eigenvalue weighted by atomic mass is 9.83. The van der Waals surface area contributed by atoms with E-state index in [0.717, 1.165) is 0 Å². The summed E-state index contributed by atoms with van der Waals surface area (Å²) in [6, 6.07) is 16.4. The van der Waals surface area contributed by atoms with Crippen LogP contribution in [0.4, 0.5) is 0 Å². The van der Waals surface area contributed by atoms with E-state index < -0.39 is 0 Å². The van der Waals surface area contributed by atoms with Crippen molar-refractivity contribution >= 4 is 17.9 Å². The highest BCUT2D eigenvalue weighted by atomic mass is 16.5. The van der Waals surface area contributed by atoms with E-state index in [1.807, 2.05) is 0 Å². The van der Waals surface area contributed by atoms with Crippen LogP contribution in [0, 0.1) is 0 Å². The molecule has 4 rings (SSSR count). The minimum absolute atomic E-state index is 0.214. The van der Waals surface area contributed by atoms with Crippen molar-refractivity contribution in [2.75, 3.05) is 7.11 Å². The SMILES string of the molecule is COc1cc(C=O)ccc1Oc1cccc2c1C(=O)c1ccccc1C2=O. The van der Waals surface area contributed by atoms with E-state index in [-0.39, 0.29) is 22.9 Å². The molecular weight excluding hydrogens is 344 g/mol. The molecule has 0 atom stereocenters. The largest absolute Gasteiger partial charge is 0.493 e. The number of methoxy groups -OCH3 is 1.